The lowest BCUT2D eigenvalue weighted by Crippen LogP contribution is -1.83. The molecule has 0 bridgehead atoms. The van der Waals surface area contributed by atoms with Crippen LogP contribution in [0.5, 0.6) is 0 Å². The molecule has 12 heavy (non-hydrogen) atoms. The van der Waals surface area contributed by atoms with E-state index in [0.717, 1.165) is 11.0 Å². The summed E-state index contributed by atoms with van der Waals surface area (Å²) in [6.45, 7) is 0. The van der Waals surface area contributed by atoms with Crippen LogP contribution in [0.25, 0.3) is 6.08 Å². The number of sulfone groups is 1. The van der Waals surface area contributed by atoms with Crippen molar-refractivity contribution >= 4 is 15.9 Å². The molecule has 63 valence electrons. The maximum absolute atomic E-state index is 10.6. The van der Waals surface area contributed by atoms with Crippen LogP contribution in [0.4, 0.5) is 0 Å². The molecule has 3 heteroatoms. The van der Waals surface area contributed by atoms with Gasteiger partial charge in [-0.3, -0.25) is 0 Å². The Kier molecular flexibility index (Phi) is 2.65. The second-order valence-corrected chi connectivity index (χ2v) is 3.97. The fraction of sp³-hybridized carbons (Fsp3) is 0. The number of benzene rings is 1. The van der Waals surface area contributed by atoms with Gasteiger partial charge < -0.3 is 0 Å². The molecule has 0 aliphatic heterocycles. The lowest BCUT2D eigenvalue weighted by atomic mass is 10.2. The molecular formula is C9H9O2S. The molecule has 0 heterocycles. The average molecular weight is 181 g/mol. The van der Waals surface area contributed by atoms with E-state index in [9.17, 15) is 8.42 Å². The van der Waals surface area contributed by atoms with E-state index in [4.69, 9.17) is 0 Å². The molecule has 0 N–H and O–H groups in total. The van der Waals surface area contributed by atoms with Crippen molar-refractivity contribution in [3.8, 4) is 0 Å². The molecule has 2 nitrogen and oxygen atoms in total. The van der Waals surface area contributed by atoms with E-state index in [1.165, 1.54) is 6.08 Å². The first-order valence-electron chi connectivity index (χ1n) is 3.39. The van der Waals surface area contributed by atoms with Gasteiger partial charge in [-0.05, 0) is 11.6 Å². The summed E-state index contributed by atoms with van der Waals surface area (Å²) in [6, 6.07) is 9.20. The van der Waals surface area contributed by atoms with Gasteiger partial charge in [-0.2, -0.15) is 0 Å². The van der Waals surface area contributed by atoms with Gasteiger partial charge in [0.2, 0.25) is 0 Å². The molecule has 0 aromatic heterocycles. The van der Waals surface area contributed by atoms with Gasteiger partial charge in [-0.25, -0.2) is 8.42 Å². The fourth-order valence-corrected chi connectivity index (χ4v) is 1.11. The lowest BCUT2D eigenvalue weighted by Gasteiger charge is -1.89. The van der Waals surface area contributed by atoms with Gasteiger partial charge in [0.15, 0.2) is 9.84 Å². The van der Waals surface area contributed by atoms with E-state index in [1.54, 1.807) is 0 Å². The molecule has 0 atom stereocenters. The first-order chi connectivity index (χ1) is 5.58. The average Bonchev–Trinajstić information content (AvgIpc) is 2.02. The molecule has 1 aromatic carbocycles. The van der Waals surface area contributed by atoms with Gasteiger partial charge in [0, 0.05) is 5.41 Å². The van der Waals surface area contributed by atoms with Crippen molar-refractivity contribution in [2.24, 2.45) is 0 Å². The molecule has 0 fully saturated rings. The van der Waals surface area contributed by atoms with E-state index in [0.29, 0.717) is 0 Å². The van der Waals surface area contributed by atoms with Crippen LogP contribution < -0.4 is 0 Å². The normalized spacial score (nSPS) is 12.1. The second-order valence-electron chi connectivity index (χ2n) is 2.38. The highest BCUT2D eigenvalue weighted by Gasteiger charge is 1.92. The maximum atomic E-state index is 10.6. The van der Waals surface area contributed by atoms with Gasteiger partial charge in [0.05, 0.1) is 6.26 Å². The van der Waals surface area contributed by atoms with Crippen molar-refractivity contribution in [3.63, 3.8) is 0 Å². The molecule has 0 aliphatic carbocycles. The summed E-state index contributed by atoms with van der Waals surface area (Å²) < 4.78 is 21.2. The Morgan fingerprint density at radius 2 is 1.75 bits per heavy atom. The lowest BCUT2D eigenvalue weighted by molar-refractivity contribution is 0.612. The third kappa shape index (κ3) is 3.34. The zero-order valence-electron chi connectivity index (χ0n) is 6.47. The maximum Gasteiger partial charge on any atom is 0.172 e. The number of hydrogen-bond donors (Lipinski definition) is 0. The summed E-state index contributed by atoms with van der Waals surface area (Å²) in [7, 11) is -3.25. The highest BCUT2D eigenvalue weighted by molar-refractivity contribution is 7.95. The van der Waals surface area contributed by atoms with Crippen molar-refractivity contribution in [2.75, 3.05) is 0 Å². The zero-order chi connectivity index (χ0) is 9.03. The van der Waals surface area contributed by atoms with Crippen molar-refractivity contribution in [2.45, 2.75) is 0 Å². The van der Waals surface area contributed by atoms with Crippen LogP contribution >= 0.6 is 0 Å². The Bertz CT molecular complexity index is 363. The van der Waals surface area contributed by atoms with E-state index >= 15 is 0 Å². The van der Waals surface area contributed by atoms with E-state index in [-0.39, 0.29) is 0 Å². The van der Waals surface area contributed by atoms with Gasteiger partial charge >= 0.3 is 0 Å². The molecule has 1 aromatic rings. The topological polar surface area (TPSA) is 34.1 Å². The van der Waals surface area contributed by atoms with E-state index in [2.05, 4.69) is 6.26 Å². The molecule has 0 aliphatic rings. The molecule has 0 saturated carbocycles. The molecule has 1 rings (SSSR count). The Morgan fingerprint density at radius 1 is 1.17 bits per heavy atom. The van der Waals surface area contributed by atoms with Crippen LogP contribution in [-0.4, -0.2) is 8.42 Å². The van der Waals surface area contributed by atoms with Crippen LogP contribution in [0.3, 0.4) is 0 Å². The molecule has 0 saturated heterocycles. The van der Waals surface area contributed by atoms with E-state index in [1.807, 2.05) is 30.3 Å². The number of hydrogen-bond acceptors (Lipinski definition) is 2. The summed E-state index contributed by atoms with van der Waals surface area (Å²) in [5, 5.41) is 1.09. The first-order valence-corrected chi connectivity index (χ1v) is 5.11. The predicted octanol–water partition coefficient (Wildman–Crippen LogP) is 1.86. The Morgan fingerprint density at radius 3 is 2.25 bits per heavy atom. The Balaban J connectivity index is 2.85. The Labute approximate surface area is 72.5 Å². The third-order valence-corrected chi connectivity index (χ3v) is 1.82. The van der Waals surface area contributed by atoms with Crippen LogP contribution in [0.2, 0.25) is 0 Å². The van der Waals surface area contributed by atoms with Gasteiger partial charge in [0.1, 0.15) is 0 Å². The van der Waals surface area contributed by atoms with Crippen molar-refractivity contribution in [1.29, 1.82) is 0 Å². The predicted molar refractivity (Wildman–Crippen MR) is 49.8 cm³/mol. The highest BCUT2D eigenvalue weighted by atomic mass is 32.2. The Hall–Kier alpha value is -1.09. The standard InChI is InChI=1S/C9H9O2S/c1-12(10,11)8-7-9-5-3-2-4-6-9/h2-8H,1H2/b8-7+. The smallest absolute Gasteiger partial charge is 0.172 e. The quantitative estimate of drug-likeness (QED) is 0.698. The van der Waals surface area contributed by atoms with Crippen LogP contribution in [0.15, 0.2) is 35.7 Å². The van der Waals surface area contributed by atoms with Crippen LogP contribution in [-0.2, 0) is 9.84 Å². The van der Waals surface area contributed by atoms with Crippen LogP contribution in [0, 0.1) is 6.26 Å². The minimum Gasteiger partial charge on any atom is -0.224 e. The molecular weight excluding hydrogens is 172 g/mol. The SMILES string of the molecule is [CH2]S(=O)(=O)/C=C/c1ccccc1. The summed E-state index contributed by atoms with van der Waals surface area (Å²) >= 11 is 0. The van der Waals surface area contributed by atoms with Gasteiger partial charge in [0.25, 0.3) is 0 Å². The molecule has 0 spiro atoms. The van der Waals surface area contributed by atoms with Crippen molar-refractivity contribution in [1.82, 2.24) is 0 Å². The summed E-state index contributed by atoms with van der Waals surface area (Å²) in [6.07, 6.45) is 4.49. The summed E-state index contributed by atoms with van der Waals surface area (Å²) in [5.74, 6) is 0. The van der Waals surface area contributed by atoms with E-state index < -0.39 is 9.84 Å². The molecule has 1 radical (unpaired) electrons. The molecule has 0 amide bonds. The molecule has 0 unspecified atom stereocenters. The minimum atomic E-state index is -3.25. The summed E-state index contributed by atoms with van der Waals surface area (Å²) in [5.41, 5.74) is 0.852. The largest absolute Gasteiger partial charge is 0.224 e. The minimum absolute atomic E-state index is 0.852. The highest BCUT2D eigenvalue weighted by Crippen LogP contribution is 2.02. The second kappa shape index (κ2) is 3.54. The number of rotatable bonds is 2. The van der Waals surface area contributed by atoms with Crippen molar-refractivity contribution in [3.05, 3.63) is 47.6 Å². The zero-order valence-corrected chi connectivity index (χ0v) is 7.29. The monoisotopic (exact) mass is 181 g/mol. The first kappa shape index (κ1) is 9.00. The fourth-order valence-electron chi connectivity index (χ4n) is 0.746. The van der Waals surface area contributed by atoms with Gasteiger partial charge in [-0.15, -0.1) is 0 Å². The van der Waals surface area contributed by atoms with Crippen LogP contribution in [0.1, 0.15) is 5.56 Å². The van der Waals surface area contributed by atoms with Gasteiger partial charge in [-0.1, -0.05) is 30.3 Å². The summed E-state index contributed by atoms with van der Waals surface area (Å²) in [4.78, 5) is 0. The van der Waals surface area contributed by atoms with Crippen molar-refractivity contribution < 1.29 is 8.42 Å². The third-order valence-electron chi connectivity index (χ3n) is 1.27.